The third-order valence-corrected chi connectivity index (χ3v) is 6.18. The molecule has 2 aromatic rings. The Kier molecular flexibility index (Phi) is 5.29. The lowest BCUT2D eigenvalue weighted by Crippen LogP contribution is -2.42. The lowest BCUT2D eigenvalue weighted by molar-refractivity contribution is -0.129. The third kappa shape index (κ3) is 3.86. The Balaban J connectivity index is 1.40. The summed E-state index contributed by atoms with van der Waals surface area (Å²) in [7, 11) is 0. The van der Waals surface area contributed by atoms with E-state index in [0.717, 1.165) is 5.56 Å². The van der Waals surface area contributed by atoms with Crippen LogP contribution in [0.4, 0.5) is 0 Å². The minimum Gasteiger partial charge on any atom is -0.486 e. The van der Waals surface area contributed by atoms with E-state index in [2.05, 4.69) is 14.9 Å². The number of aliphatic hydroxyl groups excluding tert-OH is 1. The molecule has 0 spiro atoms. The molecular weight excluding hydrogens is 382 g/mol. The van der Waals surface area contributed by atoms with Gasteiger partial charge in [-0.2, -0.15) is 0 Å². The second-order valence-electron chi connectivity index (χ2n) is 7.92. The zero-order chi connectivity index (χ0) is 19.8. The van der Waals surface area contributed by atoms with E-state index in [9.17, 15) is 9.90 Å². The number of aliphatic hydroxyl groups is 1. The van der Waals surface area contributed by atoms with E-state index in [1.165, 1.54) is 0 Å². The molecular formula is C20H24ClN3O4. The van der Waals surface area contributed by atoms with E-state index >= 15 is 0 Å². The van der Waals surface area contributed by atoms with Gasteiger partial charge in [0.25, 0.3) is 0 Å². The maximum absolute atomic E-state index is 12.6. The molecule has 1 aromatic heterocycles. The van der Waals surface area contributed by atoms with Crippen LogP contribution in [0, 0.1) is 25.7 Å². The molecule has 1 aliphatic carbocycles. The van der Waals surface area contributed by atoms with Crippen molar-refractivity contribution in [2.24, 2.45) is 11.8 Å². The summed E-state index contributed by atoms with van der Waals surface area (Å²) in [6.07, 6.45) is 0.612. The van der Waals surface area contributed by atoms with Crippen LogP contribution in [0.2, 0.25) is 5.02 Å². The van der Waals surface area contributed by atoms with Gasteiger partial charge in [-0.15, -0.1) is 0 Å². The van der Waals surface area contributed by atoms with Gasteiger partial charge in [-0.25, -0.2) is 4.63 Å². The standard InChI is InChI=1S/C20H24ClN3O4/c1-11-3-4-15(21)18(5-11)27-19-7-14-10-24(9-13(14)6-17(19)25)20(26)8-16-12(2)22-28-23-16/h3-5,13-14,17,19,25H,6-10H2,1-2H3/t13-,14+,17+,19+/m0/s1. The van der Waals surface area contributed by atoms with Gasteiger partial charge < -0.3 is 14.7 Å². The van der Waals surface area contributed by atoms with Crippen LogP contribution >= 0.6 is 11.6 Å². The zero-order valence-electron chi connectivity index (χ0n) is 16.0. The van der Waals surface area contributed by atoms with Gasteiger partial charge in [0, 0.05) is 13.1 Å². The Bertz CT molecular complexity index is 871. The molecule has 1 aromatic carbocycles. The number of benzene rings is 1. The normalized spacial score (nSPS) is 26.9. The number of nitrogens with zero attached hydrogens (tertiary/aromatic N) is 3. The van der Waals surface area contributed by atoms with Crippen molar-refractivity contribution in [3.05, 3.63) is 40.2 Å². The number of aromatic nitrogens is 2. The van der Waals surface area contributed by atoms with Crippen molar-refractivity contribution in [1.82, 2.24) is 15.2 Å². The molecule has 0 unspecified atom stereocenters. The number of rotatable bonds is 4. The molecule has 1 saturated carbocycles. The van der Waals surface area contributed by atoms with Gasteiger partial charge in [0.2, 0.25) is 5.91 Å². The van der Waals surface area contributed by atoms with Gasteiger partial charge in [0.15, 0.2) is 0 Å². The van der Waals surface area contributed by atoms with E-state index in [1.54, 1.807) is 13.0 Å². The highest BCUT2D eigenvalue weighted by molar-refractivity contribution is 6.32. The number of likely N-dealkylation sites (tertiary alicyclic amines) is 1. The quantitative estimate of drug-likeness (QED) is 0.840. The van der Waals surface area contributed by atoms with Crippen molar-refractivity contribution >= 4 is 17.5 Å². The first-order chi connectivity index (χ1) is 13.4. The van der Waals surface area contributed by atoms with Crippen molar-refractivity contribution in [1.29, 1.82) is 0 Å². The Hall–Kier alpha value is -2.12. The molecule has 0 radical (unpaired) electrons. The number of hydrogen-bond donors (Lipinski definition) is 1. The molecule has 0 bridgehead atoms. The molecule has 2 aliphatic rings. The van der Waals surface area contributed by atoms with Crippen molar-refractivity contribution in [3.63, 3.8) is 0 Å². The van der Waals surface area contributed by atoms with Crippen LogP contribution in [0.1, 0.15) is 29.8 Å². The summed E-state index contributed by atoms with van der Waals surface area (Å²) < 4.78 is 10.7. The average molecular weight is 406 g/mol. The van der Waals surface area contributed by atoms with Gasteiger partial charge in [0.05, 0.1) is 17.5 Å². The Morgan fingerprint density at radius 2 is 2.04 bits per heavy atom. The van der Waals surface area contributed by atoms with Gasteiger partial charge in [-0.3, -0.25) is 4.79 Å². The maximum Gasteiger partial charge on any atom is 0.228 e. The Morgan fingerprint density at radius 1 is 1.29 bits per heavy atom. The lowest BCUT2D eigenvalue weighted by atomic mass is 9.78. The molecule has 1 N–H and O–H groups in total. The largest absolute Gasteiger partial charge is 0.486 e. The highest BCUT2D eigenvalue weighted by Gasteiger charge is 2.44. The number of carbonyl (C=O) groups is 1. The monoisotopic (exact) mass is 405 g/mol. The maximum atomic E-state index is 12.6. The average Bonchev–Trinajstić information content (AvgIpc) is 3.24. The molecule has 2 fully saturated rings. The molecule has 7 nitrogen and oxygen atoms in total. The summed E-state index contributed by atoms with van der Waals surface area (Å²) in [5, 5.41) is 18.7. The van der Waals surface area contributed by atoms with E-state index in [-0.39, 0.29) is 24.3 Å². The van der Waals surface area contributed by atoms with E-state index in [4.69, 9.17) is 16.3 Å². The minimum atomic E-state index is -0.574. The van der Waals surface area contributed by atoms with Crippen molar-refractivity contribution < 1.29 is 19.3 Å². The topological polar surface area (TPSA) is 88.7 Å². The molecule has 4 rings (SSSR count). The number of fused-ring (bicyclic) bond motifs is 1. The second kappa shape index (κ2) is 7.72. The van der Waals surface area contributed by atoms with Crippen molar-refractivity contribution in [3.8, 4) is 5.75 Å². The highest BCUT2D eigenvalue weighted by Crippen LogP contribution is 2.39. The third-order valence-electron chi connectivity index (χ3n) is 5.87. The van der Waals surface area contributed by atoms with Gasteiger partial charge in [0.1, 0.15) is 23.2 Å². The number of hydrogen-bond acceptors (Lipinski definition) is 6. The molecule has 1 aliphatic heterocycles. The fraction of sp³-hybridized carbons (Fsp3) is 0.550. The molecule has 1 amide bonds. The van der Waals surface area contributed by atoms with E-state index in [0.29, 0.717) is 54.0 Å². The first-order valence-electron chi connectivity index (χ1n) is 9.57. The van der Waals surface area contributed by atoms with Crippen LogP contribution < -0.4 is 4.74 Å². The summed E-state index contributed by atoms with van der Waals surface area (Å²) >= 11 is 6.24. The molecule has 2 heterocycles. The zero-order valence-corrected chi connectivity index (χ0v) is 16.7. The number of ether oxygens (including phenoxy) is 1. The minimum absolute atomic E-state index is 0.0156. The molecule has 150 valence electrons. The Labute approximate surface area is 168 Å². The molecule has 28 heavy (non-hydrogen) atoms. The first kappa shape index (κ1) is 19.2. The predicted molar refractivity (Wildman–Crippen MR) is 102 cm³/mol. The summed E-state index contributed by atoms with van der Waals surface area (Å²) in [5.41, 5.74) is 2.27. The summed E-state index contributed by atoms with van der Waals surface area (Å²) in [4.78, 5) is 14.5. The van der Waals surface area contributed by atoms with E-state index < -0.39 is 6.10 Å². The van der Waals surface area contributed by atoms with Crippen LogP contribution in [0.3, 0.4) is 0 Å². The number of halogens is 1. The smallest absolute Gasteiger partial charge is 0.228 e. The SMILES string of the molecule is Cc1ccc(Cl)c(O[C@@H]2C[C@@H]3CN(C(=O)Cc4nonc4C)C[C@@H]3C[C@H]2O)c1. The first-order valence-corrected chi connectivity index (χ1v) is 9.95. The summed E-state index contributed by atoms with van der Waals surface area (Å²) in [6, 6.07) is 5.62. The van der Waals surface area contributed by atoms with Crippen LogP contribution in [0.25, 0.3) is 0 Å². The highest BCUT2D eigenvalue weighted by atomic mass is 35.5. The number of carbonyl (C=O) groups excluding carboxylic acids is 1. The molecule has 4 atom stereocenters. The van der Waals surface area contributed by atoms with Gasteiger partial charge >= 0.3 is 0 Å². The second-order valence-corrected chi connectivity index (χ2v) is 8.33. The number of aryl methyl sites for hydroxylation is 2. The predicted octanol–water partition coefficient (Wildman–Crippen LogP) is 2.56. The molecule has 8 heteroatoms. The summed E-state index contributed by atoms with van der Waals surface area (Å²) in [6.45, 7) is 5.07. The Morgan fingerprint density at radius 3 is 2.75 bits per heavy atom. The van der Waals surface area contributed by atoms with Crippen LogP contribution in [-0.4, -0.2) is 51.5 Å². The van der Waals surface area contributed by atoms with Gasteiger partial charge in [-0.05, 0) is 56.2 Å². The van der Waals surface area contributed by atoms with Crippen LogP contribution in [0.5, 0.6) is 5.75 Å². The van der Waals surface area contributed by atoms with Crippen molar-refractivity contribution in [2.75, 3.05) is 13.1 Å². The number of amides is 1. The van der Waals surface area contributed by atoms with Crippen molar-refractivity contribution in [2.45, 2.75) is 45.3 Å². The van der Waals surface area contributed by atoms with Crippen LogP contribution in [0.15, 0.2) is 22.8 Å². The van der Waals surface area contributed by atoms with Gasteiger partial charge in [-0.1, -0.05) is 28.0 Å². The summed E-state index contributed by atoms with van der Waals surface area (Å²) in [5.74, 6) is 1.20. The fourth-order valence-corrected chi connectivity index (χ4v) is 4.41. The fourth-order valence-electron chi connectivity index (χ4n) is 4.25. The van der Waals surface area contributed by atoms with E-state index in [1.807, 2.05) is 24.0 Å². The lowest BCUT2D eigenvalue weighted by Gasteiger charge is -2.35. The van der Waals surface area contributed by atoms with Crippen LogP contribution in [-0.2, 0) is 11.2 Å². The molecule has 1 saturated heterocycles.